The molecular formula is C15H22N6O2S. The molecule has 24 heavy (non-hydrogen) atoms. The van der Waals surface area contributed by atoms with Gasteiger partial charge in [0, 0.05) is 19.5 Å². The molecule has 4 N–H and O–H groups in total. The number of aliphatic hydroxyl groups is 2. The lowest BCUT2D eigenvalue weighted by Crippen LogP contribution is -2.30. The van der Waals surface area contributed by atoms with Crippen molar-refractivity contribution in [3.8, 4) is 0 Å². The number of thioether (sulfide) groups is 1. The molecule has 8 nitrogen and oxygen atoms in total. The van der Waals surface area contributed by atoms with Gasteiger partial charge in [-0.15, -0.1) is 11.8 Å². The number of hydrogen-bond acceptors (Lipinski definition) is 8. The van der Waals surface area contributed by atoms with E-state index < -0.39 is 6.10 Å². The maximum Gasteiger partial charge on any atom is 0.224 e. The van der Waals surface area contributed by atoms with Gasteiger partial charge >= 0.3 is 0 Å². The van der Waals surface area contributed by atoms with E-state index in [0.717, 1.165) is 37.3 Å². The van der Waals surface area contributed by atoms with Crippen molar-refractivity contribution in [3.05, 3.63) is 6.33 Å². The van der Waals surface area contributed by atoms with Crippen LogP contribution in [0.2, 0.25) is 0 Å². The van der Waals surface area contributed by atoms with Crippen LogP contribution in [0.5, 0.6) is 0 Å². The van der Waals surface area contributed by atoms with E-state index in [1.165, 1.54) is 6.42 Å². The van der Waals surface area contributed by atoms with Crippen molar-refractivity contribution in [2.24, 2.45) is 0 Å². The first-order chi connectivity index (χ1) is 11.7. The molecule has 2 saturated heterocycles. The van der Waals surface area contributed by atoms with Crippen LogP contribution in [0.1, 0.15) is 31.1 Å². The first-order valence-corrected chi connectivity index (χ1v) is 9.31. The summed E-state index contributed by atoms with van der Waals surface area (Å²) in [6.45, 7) is 1.88. The minimum atomic E-state index is -0.525. The number of rotatable bonds is 3. The molecule has 4 heterocycles. The summed E-state index contributed by atoms with van der Waals surface area (Å²) in [6.07, 6.45) is 5.32. The van der Waals surface area contributed by atoms with Crippen LogP contribution in [0.3, 0.4) is 0 Å². The highest BCUT2D eigenvalue weighted by Gasteiger charge is 2.35. The van der Waals surface area contributed by atoms with Crippen LogP contribution >= 0.6 is 11.8 Å². The van der Waals surface area contributed by atoms with Crippen molar-refractivity contribution in [1.29, 1.82) is 0 Å². The van der Waals surface area contributed by atoms with E-state index in [4.69, 9.17) is 5.73 Å². The lowest BCUT2D eigenvalue weighted by Gasteiger charge is -2.27. The first kappa shape index (κ1) is 15.9. The van der Waals surface area contributed by atoms with Crippen LogP contribution < -0.4 is 10.6 Å². The molecule has 0 radical (unpaired) electrons. The van der Waals surface area contributed by atoms with E-state index in [1.807, 2.05) is 4.57 Å². The average Bonchev–Trinajstić information content (AvgIpc) is 3.17. The number of aliphatic hydroxyl groups excluding tert-OH is 2. The number of anilines is 2. The summed E-state index contributed by atoms with van der Waals surface area (Å²) < 4.78 is 1.95. The van der Waals surface area contributed by atoms with Crippen LogP contribution in [-0.4, -0.2) is 60.8 Å². The molecule has 2 aromatic rings. The van der Waals surface area contributed by atoms with Crippen LogP contribution in [0.4, 0.5) is 11.8 Å². The summed E-state index contributed by atoms with van der Waals surface area (Å²) in [4.78, 5) is 15.6. The SMILES string of the molecule is Nc1nc(N2CCCCC2)c2ncn([C@H]3C[C@H](O)[C@@H](CO)S3)c2n1. The van der Waals surface area contributed by atoms with Gasteiger partial charge in [-0.1, -0.05) is 0 Å². The standard InChI is InChI=1S/C15H22N6O2S/c16-15-18-13(20-4-2-1-3-5-20)12-14(19-15)21(8-17-12)11-6-9(23)10(7-22)24-11/h8-11,22-23H,1-7H2,(H2,16,18,19)/t9-,10+,11+/m0/s1. The van der Waals surface area contributed by atoms with Crippen molar-refractivity contribution in [2.45, 2.75) is 42.4 Å². The predicted molar refractivity (Wildman–Crippen MR) is 93.9 cm³/mol. The van der Waals surface area contributed by atoms with Crippen molar-refractivity contribution in [3.63, 3.8) is 0 Å². The third-order valence-electron chi connectivity index (χ3n) is 4.77. The van der Waals surface area contributed by atoms with Gasteiger partial charge in [-0.05, 0) is 19.3 Å². The Balaban J connectivity index is 1.72. The van der Waals surface area contributed by atoms with E-state index in [1.54, 1.807) is 18.1 Å². The maximum absolute atomic E-state index is 10.1. The quantitative estimate of drug-likeness (QED) is 0.743. The fourth-order valence-corrected chi connectivity index (χ4v) is 4.88. The number of nitrogen functional groups attached to an aromatic ring is 1. The zero-order valence-corrected chi connectivity index (χ0v) is 14.2. The third kappa shape index (κ3) is 2.70. The van der Waals surface area contributed by atoms with E-state index in [2.05, 4.69) is 19.9 Å². The summed E-state index contributed by atoms with van der Waals surface area (Å²) in [6, 6.07) is 0. The molecule has 3 atom stereocenters. The number of nitrogens with zero attached hydrogens (tertiary/aromatic N) is 5. The summed E-state index contributed by atoms with van der Waals surface area (Å²) in [5.41, 5.74) is 7.41. The van der Waals surface area contributed by atoms with Gasteiger partial charge in [0.2, 0.25) is 5.95 Å². The molecule has 0 aromatic carbocycles. The highest BCUT2D eigenvalue weighted by Crippen LogP contribution is 2.43. The second kappa shape index (κ2) is 6.38. The summed E-state index contributed by atoms with van der Waals surface area (Å²) in [7, 11) is 0. The van der Waals surface area contributed by atoms with Gasteiger partial charge in [0.1, 0.15) is 0 Å². The molecular weight excluding hydrogens is 328 g/mol. The number of hydrogen-bond donors (Lipinski definition) is 3. The largest absolute Gasteiger partial charge is 0.395 e. The molecule has 0 aliphatic carbocycles. The van der Waals surface area contributed by atoms with Crippen LogP contribution in [0.15, 0.2) is 6.33 Å². The monoisotopic (exact) mass is 350 g/mol. The second-order valence-electron chi connectivity index (χ2n) is 6.39. The fourth-order valence-electron chi connectivity index (χ4n) is 3.51. The Morgan fingerprint density at radius 1 is 1.25 bits per heavy atom. The second-order valence-corrected chi connectivity index (χ2v) is 7.81. The zero-order chi connectivity index (χ0) is 16.7. The number of imidazole rings is 1. The minimum Gasteiger partial charge on any atom is -0.395 e. The lowest BCUT2D eigenvalue weighted by atomic mass is 10.1. The van der Waals surface area contributed by atoms with E-state index in [-0.39, 0.29) is 23.2 Å². The zero-order valence-electron chi connectivity index (χ0n) is 13.4. The molecule has 2 aromatic heterocycles. The molecule has 0 spiro atoms. The summed E-state index contributed by atoms with van der Waals surface area (Å²) >= 11 is 1.55. The Morgan fingerprint density at radius 2 is 2.04 bits per heavy atom. The Morgan fingerprint density at radius 3 is 2.75 bits per heavy atom. The molecule has 9 heteroatoms. The summed E-state index contributed by atoms with van der Waals surface area (Å²) in [5, 5.41) is 19.2. The lowest BCUT2D eigenvalue weighted by molar-refractivity contribution is 0.138. The molecule has 0 saturated carbocycles. The van der Waals surface area contributed by atoms with Gasteiger partial charge in [-0.25, -0.2) is 4.98 Å². The maximum atomic E-state index is 10.1. The van der Waals surface area contributed by atoms with E-state index >= 15 is 0 Å². The summed E-state index contributed by atoms with van der Waals surface area (Å²) in [5.74, 6) is 1.05. The van der Waals surface area contributed by atoms with Crippen LogP contribution in [0.25, 0.3) is 11.2 Å². The molecule has 0 amide bonds. The van der Waals surface area contributed by atoms with Crippen molar-refractivity contribution >= 4 is 34.7 Å². The van der Waals surface area contributed by atoms with E-state index in [0.29, 0.717) is 12.1 Å². The number of fused-ring (bicyclic) bond motifs is 1. The van der Waals surface area contributed by atoms with Crippen LogP contribution in [0, 0.1) is 0 Å². The van der Waals surface area contributed by atoms with Gasteiger partial charge in [-0.2, -0.15) is 9.97 Å². The highest BCUT2D eigenvalue weighted by atomic mass is 32.2. The average molecular weight is 350 g/mol. The molecule has 2 aliphatic rings. The molecule has 0 bridgehead atoms. The van der Waals surface area contributed by atoms with Gasteiger partial charge in [0.15, 0.2) is 17.0 Å². The Bertz CT molecular complexity index is 732. The normalized spacial score (nSPS) is 27.9. The van der Waals surface area contributed by atoms with Gasteiger partial charge in [0.25, 0.3) is 0 Å². The molecule has 2 fully saturated rings. The fraction of sp³-hybridized carbons (Fsp3) is 0.667. The highest BCUT2D eigenvalue weighted by molar-refractivity contribution is 8.00. The topological polar surface area (TPSA) is 113 Å². The van der Waals surface area contributed by atoms with Crippen molar-refractivity contribution < 1.29 is 10.2 Å². The number of piperidine rings is 1. The molecule has 4 rings (SSSR count). The van der Waals surface area contributed by atoms with E-state index in [9.17, 15) is 10.2 Å². The Kier molecular flexibility index (Phi) is 4.23. The number of aromatic nitrogens is 4. The van der Waals surface area contributed by atoms with Gasteiger partial charge in [-0.3, -0.25) is 0 Å². The van der Waals surface area contributed by atoms with Crippen molar-refractivity contribution in [2.75, 3.05) is 30.3 Å². The van der Waals surface area contributed by atoms with Gasteiger partial charge in [0.05, 0.1) is 29.7 Å². The van der Waals surface area contributed by atoms with Crippen LogP contribution in [-0.2, 0) is 0 Å². The van der Waals surface area contributed by atoms with Crippen molar-refractivity contribution in [1.82, 2.24) is 19.5 Å². The minimum absolute atomic E-state index is 0.00865. The molecule has 0 unspecified atom stereocenters. The third-order valence-corrected chi connectivity index (χ3v) is 6.32. The number of nitrogens with two attached hydrogens (primary N) is 1. The molecule has 130 valence electrons. The Hall–Kier alpha value is -1.58. The predicted octanol–water partition coefficient (Wildman–Crippen LogP) is 0.756. The molecule has 2 aliphatic heterocycles. The Labute approximate surface area is 144 Å². The van der Waals surface area contributed by atoms with Gasteiger partial charge < -0.3 is 25.4 Å². The first-order valence-electron chi connectivity index (χ1n) is 8.36. The smallest absolute Gasteiger partial charge is 0.224 e.